The van der Waals surface area contributed by atoms with Crippen LogP contribution in [0.3, 0.4) is 0 Å². The van der Waals surface area contributed by atoms with Crippen LogP contribution in [0.25, 0.3) is 22.9 Å². The van der Waals surface area contributed by atoms with E-state index in [4.69, 9.17) is 4.74 Å². The van der Waals surface area contributed by atoms with Crippen LogP contribution in [0.5, 0.6) is 5.75 Å². The van der Waals surface area contributed by atoms with E-state index in [0.29, 0.717) is 0 Å². The summed E-state index contributed by atoms with van der Waals surface area (Å²) >= 11 is 0. The van der Waals surface area contributed by atoms with Crippen molar-refractivity contribution in [3.8, 4) is 5.75 Å². The number of pyridine rings is 1. The smallest absolute Gasteiger partial charge is 0.126 e. The molecule has 0 unspecified atom stereocenters. The number of rotatable bonds is 3. The molecule has 0 aliphatic carbocycles. The number of hydrogen-bond donors (Lipinski definition) is 0. The van der Waals surface area contributed by atoms with Gasteiger partial charge in [-0.25, -0.2) is 0 Å². The van der Waals surface area contributed by atoms with Gasteiger partial charge < -0.3 is 4.74 Å². The van der Waals surface area contributed by atoms with E-state index < -0.39 is 0 Å². The minimum absolute atomic E-state index is 0.904. The fraction of sp³-hybridized carbons (Fsp3) is 0.0556. The number of methoxy groups -OCH3 is 1. The molecular formula is C18H15NO. The lowest BCUT2D eigenvalue weighted by Crippen LogP contribution is -1.86. The van der Waals surface area contributed by atoms with Gasteiger partial charge >= 0.3 is 0 Å². The van der Waals surface area contributed by atoms with Crippen molar-refractivity contribution in [2.24, 2.45) is 0 Å². The first-order valence-electron chi connectivity index (χ1n) is 6.52. The molecule has 0 spiro atoms. The van der Waals surface area contributed by atoms with E-state index in [0.717, 1.165) is 16.7 Å². The summed E-state index contributed by atoms with van der Waals surface area (Å²) in [5.74, 6) is 0.904. The van der Waals surface area contributed by atoms with Crippen LogP contribution in [0.4, 0.5) is 0 Å². The Labute approximate surface area is 118 Å². The molecule has 0 saturated heterocycles. The standard InChI is InChI=1S/C18H15NO/c1-20-18-9-8-15(16-4-2-3-5-17(16)18)7-6-14-10-12-19-13-11-14/h2-13H,1H3/b7-6+. The number of nitrogens with zero attached hydrogens (tertiary/aromatic N) is 1. The highest BCUT2D eigenvalue weighted by Crippen LogP contribution is 2.29. The van der Waals surface area contributed by atoms with E-state index in [1.54, 1.807) is 19.5 Å². The molecule has 0 radical (unpaired) electrons. The molecular weight excluding hydrogens is 246 g/mol. The molecule has 0 saturated carbocycles. The first-order valence-corrected chi connectivity index (χ1v) is 6.52. The quantitative estimate of drug-likeness (QED) is 0.696. The lowest BCUT2D eigenvalue weighted by atomic mass is 10.0. The molecule has 0 fully saturated rings. The zero-order chi connectivity index (χ0) is 13.8. The summed E-state index contributed by atoms with van der Waals surface area (Å²) in [6, 6.07) is 16.3. The SMILES string of the molecule is COc1ccc(/C=C/c2ccncc2)c2ccccc12. The molecule has 98 valence electrons. The molecule has 0 bridgehead atoms. The summed E-state index contributed by atoms with van der Waals surface area (Å²) in [5.41, 5.74) is 2.32. The molecule has 1 heterocycles. The average molecular weight is 261 g/mol. The molecule has 0 aliphatic heterocycles. The predicted molar refractivity (Wildman–Crippen MR) is 83.7 cm³/mol. The van der Waals surface area contributed by atoms with Gasteiger partial charge in [0.1, 0.15) is 5.75 Å². The highest BCUT2D eigenvalue weighted by atomic mass is 16.5. The monoisotopic (exact) mass is 261 g/mol. The van der Waals surface area contributed by atoms with E-state index >= 15 is 0 Å². The van der Waals surface area contributed by atoms with Gasteiger partial charge in [-0.15, -0.1) is 0 Å². The van der Waals surface area contributed by atoms with E-state index in [1.165, 1.54) is 10.9 Å². The topological polar surface area (TPSA) is 22.1 Å². The van der Waals surface area contributed by atoms with Gasteiger partial charge in [-0.05, 0) is 34.7 Å². The molecule has 0 N–H and O–H groups in total. The Hall–Kier alpha value is -2.61. The molecule has 2 aromatic carbocycles. The second-order valence-corrected chi connectivity index (χ2v) is 4.52. The Morgan fingerprint density at radius 3 is 2.35 bits per heavy atom. The normalized spacial score (nSPS) is 11.1. The molecule has 2 heteroatoms. The number of hydrogen-bond acceptors (Lipinski definition) is 2. The molecule has 1 aromatic heterocycles. The molecule has 3 aromatic rings. The van der Waals surface area contributed by atoms with Crippen molar-refractivity contribution in [1.82, 2.24) is 4.98 Å². The van der Waals surface area contributed by atoms with Crippen molar-refractivity contribution in [1.29, 1.82) is 0 Å². The van der Waals surface area contributed by atoms with Crippen LogP contribution in [0.1, 0.15) is 11.1 Å². The summed E-state index contributed by atoms with van der Waals surface area (Å²) in [6.45, 7) is 0. The predicted octanol–water partition coefficient (Wildman–Crippen LogP) is 4.41. The third-order valence-corrected chi connectivity index (χ3v) is 3.30. The molecule has 3 rings (SSSR count). The average Bonchev–Trinajstić information content (AvgIpc) is 2.53. The Kier molecular flexibility index (Phi) is 3.46. The largest absolute Gasteiger partial charge is 0.496 e. The van der Waals surface area contributed by atoms with Crippen LogP contribution in [0, 0.1) is 0 Å². The van der Waals surface area contributed by atoms with Crippen LogP contribution in [-0.4, -0.2) is 12.1 Å². The van der Waals surface area contributed by atoms with Crippen molar-refractivity contribution in [2.75, 3.05) is 7.11 Å². The highest BCUT2D eigenvalue weighted by Gasteiger charge is 2.03. The van der Waals surface area contributed by atoms with Gasteiger partial charge in [0.2, 0.25) is 0 Å². The van der Waals surface area contributed by atoms with Crippen LogP contribution in [-0.2, 0) is 0 Å². The van der Waals surface area contributed by atoms with Gasteiger partial charge in [0.05, 0.1) is 7.11 Å². The van der Waals surface area contributed by atoms with Crippen molar-refractivity contribution >= 4 is 22.9 Å². The molecule has 0 atom stereocenters. The van der Waals surface area contributed by atoms with Gasteiger partial charge in [0.25, 0.3) is 0 Å². The van der Waals surface area contributed by atoms with Crippen molar-refractivity contribution in [2.45, 2.75) is 0 Å². The Morgan fingerprint density at radius 1 is 0.850 bits per heavy atom. The van der Waals surface area contributed by atoms with E-state index in [1.807, 2.05) is 30.3 Å². The third-order valence-electron chi connectivity index (χ3n) is 3.30. The summed E-state index contributed by atoms with van der Waals surface area (Å²) in [7, 11) is 1.70. The van der Waals surface area contributed by atoms with E-state index in [2.05, 4.69) is 35.3 Å². The molecule has 20 heavy (non-hydrogen) atoms. The minimum Gasteiger partial charge on any atom is -0.496 e. The number of aromatic nitrogens is 1. The second kappa shape index (κ2) is 5.57. The van der Waals surface area contributed by atoms with Crippen LogP contribution < -0.4 is 4.74 Å². The maximum atomic E-state index is 5.41. The Balaban J connectivity index is 2.07. The van der Waals surface area contributed by atoms with Crippen molar-refractivity contribution in [3.05, 3.63) is 72.1 Å². The minimum atomic E-state index is 0.904. The van der Waals surface area contributed by atoms with Gasteiger partial charge in [0, 0.05) is 17.8 Å². The number of benzene rings is 2. The Bertz CT molecular complexity index is 748. The third kappa shape index (κ3) is 2.41. The number of fused-ring (bicyclic) bond motifs is 1. The van der Waals surface area contributed by atoms with Crippen molar-refractivity contribution in [3.63, 3.8) is 0 Å². The van der Waals surface area contributed by atoms with Crippen LogP contribution in [0.2, 0.25) is 0 Å². The van der Waals surface area contributed by atoms with Crippen molar-refractivity contribution < 1.29 is 4.74 Å². The van der Waals surface area contributed by atoms with Crippen LogP contribution in [0.15, 0.2) is 60.9 Å². The maximum Gasteiger partial charge on any atom is 0.126 e. The molecule has 0 amide bonds. The second-order valence-electron chi connectivity index (χ2n) is 4.52. The lowest BCUT2D eigenvalue weighted by Gasteiger charge is -2.07. The first kappa shape index (κ1) is 12.4. The zero-order valence-electron chi connectivity index (χ0n) is 11.3. The summed E-state index contributed by atoms with van der Waals surface area (Å²) in [4.78, 5) is 4.02. The van der Waals surface area contributed by atoms with E-state index in [-0.39, 0.29) is 0 Å². The van der Waals surface area contributed by atoms with Gasteiger partial charge in [0.15, 0.2) is 0 Å². The fourth-order valence-corrected chi connectivity index (χ4v) is 2.28. The molecule has 0 aliphatic rings. The van der Waals surface area contributed by atoms with Crippen LogP contribution >= 0.6 is 0 Å². The van der Waals surface area contributed by atoms with Gasteiger partial charge in [-0.3, -0.25) is 4.98 Å². The van der Waals surface area contributed by atoms with E-state index in [9.17, 15) is 0 Å². The van der Waals surface area contributed by atoms with Gasteiger partial charge in [-0.1, -0.05) is 42.5 Å². The summed E-state index contributed by atoms with van der Waals surface area (Å²) in [6.07, 6.45) is 7.81. The number of ether oxygens (including phenoxy) is 1. The summed E-state index contributed by atoms with van der Waals surface area (Å²) < 4.78 is 5.41. The van der Waals surface area contributed by atoms with Gasteiger partial charge in [-0.2, -0.15) is 0 Å². The highest BCUT2D eigenvalue weighted by molar-refractivity contribution is 5.96. The maximum absolute atomic E-state index is 5.41. The Morgan fingerprint density at radius 2 is 1.60 bits per heavy atom. The molecule has 2 nitrogen and oxygen atoms in total. The summed E-state index contributed by atoms with van der Waals surface area (Å²) in [5, 5.41) is 2.32. The first-order chi connectivity index (χ1) is 9.88. The zero-order valence-corrected chi connectivity index (χ0v) is 11.3. The fourth-order valence-electron chi connectivity index (χ4n) is 2.28. The lowest BCUT2D eigenvalue weighted by molar-refractivity contribution is 0.420.